The summed E-state index contributed by atoms with van der Waals surface area (Å²) in [5.74, 6) is -0.419. The van der Waals surface area contributed by atoms with Crippen LogP contribution in [0, 0.1) is 5.82 Å². The fourth-order valence-electron chi connectivity index (χ4n) is 1.14. The molecule has 4 heteroatoms. The summed E-state index contributed by atoms with van der Waals surface area (Å²) in [4.78, 5) is 0. The molecule has 0 radical (unpaired) electrons. The van der Waals surface area contributed by atoms with E-state index in [2.05, 4.69) is 15.9 Å². The summed E-state index contributed by atoms with van der Waals surface area (Å²) in [6.45, 7) is 0. The maximum atomic E-state index is 12.9. The molecule has 0 unspecified atom stereocenters. The van der Waals surface area contributed by atoms with E-state index in [0.717, 1.165) is 11.1 Å². The molecule has 0 bridgehead atoms. The van der Waals surface area contributed by atoms with Gasteiger partial charge in [0.05, 0.1) is 11.3 Å². The predicted octanol–water partition coefficient (Wildman–Crippen LogP) is 4.50. The van der Waals surface area contributed by atoms with Crippen molar-refractivity contribution in [1.29, 1.82) is 0 Å². The molecular weight excluding hydrogens is 270 g/mol. The van der Waals surface area contributed by atoms with Crippen LogP contribution in [0.3, 0.4) is 0 Å². The monoisotopic (exact) mass is 274 g/mol. The van der Waals surface area contributed by atoms with E-state index in [1.807, 2.05) is 0 Å². The minimum absolute atomic E-state index is 0.111. The van der Waals surface area contributed by atoms with Crippen LogP contribution in [0.15, 0.2) is 39.6 Å². The molecule has 0 aliphatic rings. The lowest BCUT2D eigenvalue weighted by Crippen LogP contribution is -1.78. The van der Waals surface area contributed by atoms with Gasteiger partial charge in [-0.25, -0.2) is 4.39 Å². The van der Waals surface area contributed by atoms with E-state index in [1.165, 1.54) is 6.07 Å². The summed E-state index contributed by atoms with van der Waals surface area (Å²) >= 11 is 8.84. The van der Waals surface area contributed by atoms with Gasteiger partial charge in [-0.15, -0.1) is 0 Å². The Labute approximate surface area is 93.6 Å². The lowest BCUT2D eigenvalue weighted by atomic mass is 10.1. The molecule has 0 N–H and O–H groups in total. The molecule has 0 spiro atoms. The third-order valence-electron chi connectivity index (χ3n) is 1.82. The summed E-state index contributed by atoms with van der Waals surface area (Å²) in [6, 6.07) is 6.34. The van der Waals surface area contributed by atoms with Gasteiger partial charge in [-0.3, -0.25) is 0 Å². The number of halogens is 3. The van der Waals surface area contributed by atoms with E-state index in [0.29, 0.717) is 4.67 Å². The largest absolute Gasteiger partial charge is 0.457 e. The highest BCUT2D eigenvalue weighted by Gasteiger charge is 2.05. The minimum atomic E-state index is -0.419. The Morgan fingerprint density at radius 1 is 1.21 bits per heavy atom. The number of rotatable bonds is 1. The van der Waals surface area contributed by atoms with Crippen molar-refractivity contribution < 1.29 is 8.81 Å². The molecule has 72 valence electrons. The molecule has 0 fully saturated rings. The molecule has 2 rings (SSSR count). The Balaban J connectivity index is 2.47. The second-order valence-electron chi connectivity index (χ2n) is 2.77. The Morgan fingerprint density at radius 2 is 2.00 bits per heavy atom. The first-order valence-corrected chi connectivity index (χ1v) is 5.03. The normalized spacial score (nSPS) is 10.5. The van der Waals surface area contributed by atoms with Crippen LogP contribution in [0.5, 0.6) is 0 Å². The minimum Gasteiger partial charge on any atom is -0.457 e. The Morgan fingerprint density at radius 3 is 2.57 bits per heavy atom. The van der Waals surface area contributed by atoms with Gasteiger partial charge >= 0.3 is 0 Å². The Kier molecular flexibility index (Phi) is 2.61. The highest BCUT2D eigenvalue weighted by Crippen LogP contribution is 2.27. The van der Waals surface area contributed by atoms with Gasteiger partial charge in [0, 0.05) is 5.56 Å². The second kappa shape index (κ2) is 3.75. The first-order chi connectivity index (χ1) is 6.66. The molecule has 14 heavy (non-hydrogen) atoms. The molecule has 0 aliphatic carbocycles. The standard InChI is InChI=1S/C10H5BrClFO/c11-10-4-7(5-14-10)6-1-2-9(13)8(12)3-6/h1-5H. The fourth-order valence-corrected chi connectivity index (χ4v) is 1.66. The smallest absolute Gasteiger partial charge is 0.169 e. The highest BCUT2D eigenvalue weighted by molar-refractivity contribution is 9.10. The van der Waals surface area contributed by atoms with Crippen LogP contribution in [0.1, 0.15) is 0 Å². The van der Waals surface area contributed by atoms with Crippen molar-refractivity contribution in [1.82, 2.24) is 0 Å². The van der Waals surface area contributed by atoms with Gasteiger partial charge in [0.25, 0.3) is 0 Å². The molecule has 0 amide bonds. The van der Waals surface area contributed by atoms with E-state index < -0.39 is 5.82 Å². The molecule has 0 atom stereocenters. The van der Waals surface area contributed by atoms with Crippen molar-refractivity contribution in [3.05, 3.63) is 46.0 Å². The molecule has 1 aromatic heterocycles. The summed E-state index contributed by atoms with van der Waals surface area (Å²) in [5, 5.41) is 0.111. The fraction of sp³-hybridized carbons (Fsp3) is 0. The van der Waals surface area contributed by atoms with Crippen molar-refractivity contribution >= 4 is 27.5 Å². The summed E-state index contributed by atoms with van der Waals surface area (Å²) in [6.07, 6.45) is 1.58. The third-order valence-corrected chi connectivity index (χ3v) is 2.53. The van der Waals surface area contributed by atoms with E-state index in [1.54, 1.807) is 24.5 Å². The lowest BCUT2D eigenvalue weighted by molar-refractivity contribution is 0.542. The summed E-state index contributed by atoms with van der Waals surface area (Å²) in [7, 11) is 0. The van der Waals surface area contributed by atoms with Crippen LogP contribution in [-0.4, -0.2) is 0 Å². The lowest BCUT2D eigenvalue weighted by Gasteiger charge is -1.98. The first-order valence-electron chi connectivity index (χ1n) is 3.86. The summed E-state index contributed by atoms with van der Waals surface area (Å²) in [5.41, 5.74) is 1.68. The molecule has 1 heterocycles. The van der Waals surface area contributed by atoms with Gasteiger partial charge in [-0.1, -0.05) is 17.7 Å². The molecule has 2 aromatic rings. The maximum Gasteiger partial charge on any atom is 0.169 e. The van der Waals surface area contributed by atoms with Crippen LogP contribution in [-0.2, 0) is 0 Å². The van der Waals surface area contributed by atoms with Crippen molar-refractivity contribution in [3.8, 4) is 11.1 Å². The Hall–Kier alpha value is -0.800. The molecule has 0 aliphatic heterocycles. The third kappa shape index (κ3) is 1.83. The quantitative estimate of drug-likeness (QED) is 0.747. The van der Waals surface area contributed by atoms with Crippen LogP contribution in [0.25, 0.3) is 11.1 Å². The summed E-state index contributed by atoms with van der Waals surface area (Å²) < 4.78 is 18.6. The predicted molar refractivity (Wildman–Crippen MR) is 56.8 cm³/mol. The van der Waals surface area contributed by atoms with Gasteiger partial charge in [-0.05, 0) is 39.7 Å². The zero-order valence-corrected chi connectivity index (χ0v) is 9.27. The zero-order valence-electron chi connectivity index (χ0n) is 6.93. The molecule has 1 nitrogen and oxygen atoms in total. The van der Waals surface area contributed by atoms with E-state index in [9.17, 15) is 4.39 Å². The van der Waals surface area contributed by atoms with Crippen LogP contribution in [0.2, 0.25) is 5.02 Å². The zero-order chi connectivity index (χ0) is 10.1. The van der Waals surface area contributed by atoms with Gasteiger partial charge in [0.15, 0.2) is 4.67 Å². The first kappa shape index (κ1) is 9.74. The average molecular weight is 276 g/mol. The maximum absolute atomic E-state index is 12.9. The number of furan rings is 1. The SMILES string of the molecule is Fc1ccc(-c2coc(Br)c2)cc1Cl. The van der Waals surface area contributed by atoms with Crippen molar-refractivity contribution in [2.45, 2.75) is 0 Å². The molecule has 1 aromatic carbocycles. The van der Waals surface area contributed by atoms with Crippen molar-refractivity contribution in [2.24, 2.45) is 0 Å². The number of benzene rings is 1. The van der Waals surface area contributed by atoms with Crippen LogP contribution in [0.4, 0.5) is 4.39 Å². The molecule has 0 saturated heterocycles. The van der Waals surface area contributed by atoms with Gasteiger partial charge in [0.1, 0.15) is 5.82 Å². The molecular formula is C10H5BrClFO. The van der Waals surface area contributed by atoms with Gasteiger partial charge in [-0.2, -0.15) is 0 Å². The van der Waals surface area contributed by atoms with E-state index >= 15 is 0 Å². The second-order valence-corrected chi connectivity index (χ2v) is 3.96. The highest BCUT2D eigenvalue weighted by atomic mass is 79.9. The van der Waals surface area contributed by atoms with Crippen molar-refractivity contribution in [2.75, 3.05) is 0 Å². The van der Waals surface area contributed by atoms with Crippen LogP contribution >= 0.6 is 27.5 Å². The Bertz CT molecular complexity index is 467. The van der Waals surface area contributed by atoms with E-state index in [-0.39, 0.29) is 5.02 Å². The molecule has 0 saturated carbocycles. The van der Waals surface area contributed by atoms with Gasteiger partial charge < -0.3 is 4.42 Å². The average Bonchev–Trinajstić information content (AvgIpc) is 2.57. The van der Waals surface area contributed by atoms with Gasteiger partial charge in [0.2, 0.25) is 0 Å². The number of hydrogen-bond donors (Lipinski definition) is 0. The number of hydrogen-bond acceptors (Lipinski definition) is 1. The topological polar surface area (TPSA) is 13.1 Å². The van der Waals surface area contributed by atoms with Crippen molar-refractivity contribution in [3.63, 3.8) is 0 Å². The van der Waals surface area contributed by atoms with E-state index in [4.69, 9.17) is 16.0 Å². The van der Waals surface area contributed by atoms with Crippen LogP contribution < -0.4 is 0 Å².